The summed E-state index contributed by atoms with van der Waals surface area (Å²) in [6.45, 7) is 3.77. The minimum atomic E-state index is -4.55. The minimum Gasteiger partial charge on any atom is -0.382 e. The first-order valence-corrected chi connectivity index (χ1v) is 11.3. The van der Waals surface area contributed by atoms with Crippen molar-refractivity contribution in [1.29, 1.82) is 5.26 Å². The maximum Gasteiger partial charge on any atom is 0.416 e. The quantitative estimate of drug-likeness (QED) is 0.621. The van der Waals surface area contributed by atoms with Crippen LogP contribution in [0.2, 0.25) is 0 Å². The summed E-state index contributed by atoms with van der Waals surface area (Å²) in [5.41, 5.74) is 7.67. The Labute approximate surface area is 197 Å². The molecule has 0 bridgehead atoms. The van der Waals surface area contributed by atoms with E-state index in [9.17, 15) is 18.4 Å². The smallest absolute Gasteiger partial charge is 0.382 e. The van der Waals surface area contributed by atoms with E-state index in [2.05, 4.69) is 0 Å². The van der Waals surface area contributed by atoms with Gasteiger partial charge in [0.05, 0.1) is 29.0 Å². The highest BCUT2D eigenvalue weighted by molar-refractivity contribution is 6.41. The molecule has 1 aliphatic carbocycles. The van der Waals surface area contributed by atoms with Gasteiger partial charge in [0.15, 0.2) is 5.66 Å². The molecule has 178 valence electrons. The number of nitrogens with zero attached hydrogens (tertiary/aromatic N) is 3. The third-order valence-electron chi connectivity index (χ3n) is 6.93. The van der Waals surface area contributed by atoms with Gasteiger partial charge in [-0.05, 0) is 80.5 Å². The number of amidine groups is 1. The summed E-state index contributed by atoms with van der Waals surface area (Å²) in [6, 6.07) is 10.7. The standard InChI is InChI=1S/C26H27F3N4O/c1-15-4-5-18(19-10-17(14-30)11-21(12-19)26(27,28)29)13-23(15)25(32-16(2)24(31)33-25)20-6-8-22(34-3)9-7-20/h4-5,10-13,20,22H,6-9H2,1-3H3,(H2,31,33). The Kier molecular flexibility index (Phi) is 6.26. The lowest BCUT2D eigenvalue weighted by Crippen LogP contribution is -2.36. The number of aryl methyl sites for hydroxylation is 1. The van der Waals surface area contributed by atoms with E-state index >= 15 is 0 Å². The number of ether oxygens (including phenoxy) is 1. The molecule has 34 heavy (non-hydrogen) atoms. The van der Waals surface area contributed by atoms with Gasteiger partial charge in [-0.2, -0.15) is 18.4 Å². The number of hydrogen-bond donors (Lipinski definition) is 1. The van der Waals surface area contributed by atoms with Gasteiger partial charge in [0, 0.05) is 18.6 Å². The van der Waals surface area contributed by atoms with Crippen LogP contribution in [0.1, 0.15) is 54.9 Å². The van der Waals surface area contributed by atoms with Crippen LogP contribution in [0.25, 0.3) is 11.1 Å². The van der Waals surface area contributed by atoms with E-state index in [0.29, 0.717) is 22.7 Å². The SMILES string of the molecule is COC1CCC(C2(c3cc(-c4cc(C#N)cc(C(F)(F)F)c4)ccc3C)N=C(C)C(N)=N2)CC1. The Morgan fingerprint density at radius 2 is 1.74 bits per heavy atom. The second kappa shape index (κ2) is 8.88. The molecular formula is C26H27F3N4O. The number of nitriles is 1. The molecule has 1 unspecified atom stereocenters. The van der Waals surface area contributed by atoms with Crippen molar-refractivity contribution in [2.45, 2.75) is 57.5 Å². The summed E-state index contributed by atoms with van der Waals surface area (Å²) in [5.74, 6) is 0.463. The first kappa shape index (κ1) is 24.0. The van der Waals surface area contributed by atoms with Crippen LogP contribution in [0, 0.1) is 24.2 Å². The van der Waals surface area contributed by atoms with E-state index < -0.39 is 17.4 Å². The maximum atomic E-state index is 13.5. The largest absolute Gasteiger partial charge is 0.416 e. The number of hydrogen-bond acceptors (Lipinski definition) is 5. The summed E-state index contributed by atoms with van der Waals surface area (Å²) in [5, 5.41) is 9.30. The molecule has 0 aromatic heterocycles. The Morgan fingerprint density at radius 3 is 2.29 bits per heavy atom. The van der Waals surface area contributed by atoms with Crippen LogP contribution in [0.15, 0.2) is 46.4 Å². The number of nitrogens with two attached hydrogens (primary N) is 1. The Bertz CT molecular complexity index is 1180. The highest BCUT2D eigenvalue weighted by Gasteiger charge is 2.46. The second-order valence-corrected chi connectivity index (χ2v) is 9.07. The lowest BCUT2D eigenvalue weighted by atomic mass is 9.74. The van der Waals surface area contributed by atoms with Gasteiger partial charge in [-0.1, -0.05) is 12.1 Å². The third-order valence-corrected chi connectivity index (χ3v) is 6.93. The third kappa shape index (κ3) is 4.32. The summed E-state index contributed by atoms with van der Waals surface area (Å²) in [4.78, 5) is 9.80. The highest BCUT2D eigenvalue weighted by atomic mass is 19.4. The van der Waals surface area contributed by atoms with Crippen LogP contribution in [0.4, 0.5) is 13.2 Å². The van der Waals surface area contributed by atoms with E-state index in [4.69, 9.17) is 20.5 Å². The molecule has 1 atom stereocenters. The van der Waals surface area contributed by atoms with Crippen molar-refractivity contribution < 1.29 is 17.9 Å². The number of aliphatic imine (C=N–C) groups is 2. The monoisotopic (exact) mass is 468 g/mol. The van der Waals surface area contributed by atoms with Gasteiger partial charge in [-0.15, -0.1) is 0 Å². The van der Waals surface area contributed by atoms with Crippen molar-refractivity contribution >= 4 is 11.5 Å². The average molecular weight is 469 g/mol. The first-order valence-electron chi connectivity index (χ1n) is 11.3. The van der Waals surface area contributed by atoms with Gasteiger partial charge < -0.3 is 10.5 Å². The van der Waals surface area contributed by atoms with Crippen molar-refractivity contribution in [2.75, 3.05) is 7.11 Å². The molecule has 1 heterocycles. The van der Waals surface area contributed by atoms with Crippen LogP contribution in [0.5, 0.6) is 0 Å². The van der Waals surface area contributed by atoms with Gasteiger partial charge in [0.25, 0.3) is 0 Å². The fraction of sp³-hybridized carbons (Fsp3) is 0.423. The van der Waals surface area contributed by atoms with Crippen LogP contribution < -0.4 is 5.73 Å². The molecule has 0 spiro atoms. The fourth-order valence-electron chi connectivity index (χ4n) is 5.05. The second-order valence-electron chi connectivity index (χ2n) is 9.07. The zero-order valence-electron chi connectivity index (χ0n) is 19.4. The summed E-state index contributed by atoms with van der Waals surface area (Å²) < 4.78 is 45.9. The fourth-order valence-corrected chi connectivity index (χ4v) is 5.05. The van der Waals surface area contributed by atoms with Gasteiger partial charge in [-0.3, -0.25) is 4.99 Å². The molecule has 0 saturated heterocycles. The van der Waals surface area contributed by atoms with E-state index in [-0.39, 0.29) is 17.6 Å². The molecule has 5 nitrogen and oxygen atoms in total. The highest BCUT2D eigenvalue weighted by Crippen LogP contribution is 2.48. The van der Waals surface area contributed by atoms with Crippen LogP contribution in [-0.2, 0) is 16.6 Å². The molecule has 2 aliphatic rings. The number of benzene rings is 2. The topological polar surface area (TPSA) is 83.8 Å². The number of rotatable bonds is 4. The van der Waals surface area contributed by atoms with Crippen LogP contribution in [-0.4, -0.2) is 24.8 Å². The molecule has 2 aromatic carbocycles. The molecule has 1 aliphatic heterocycles. The summed E-state index contributed by atoms with van der Waals surface area (Å²) in [6.07, 6.45) is -0.907. The molecule has 0 amide bonds. The number of methoxy groups -OCH3 is 1. The number of halogens is 3. The Hall–Kier alpha value is -3.18. The Morgan fingerprint density at radius 1 is 1.03 bits per heavy atom. The van der Waals surface area contributed by atoms with Gasteiger partial charge in [0.1, 0.15) is 5.84 Å². The zero-order valence-corrected chi connectivity index (χ0v) is 19.4. The molecular weight excluding hydrogens is 441 g/mol. The first-order chi connectivity index (χ1) is 16.1. The van der Waals surface area contributed by atoms with Crippen molar-refractivity contribution in [3.63, 3.8) is 0 Å². The normalized spacial score (nSPS) is 25.0. The molecule has 1 saturated carbocycles. The average Bonchev–Trinajstić information content (AvgIpc) is 3.13. The summed E-state index contributed by atoms with van der Waals surface area (Å²) >= 11 is 0. The van der Waals surface area contributed by atoms with E-state index in [0.717, 1.165) is 48.9 Å². The molecule has 1 fully saturated rings. The van der Waals surface area contributed by atoms with E-state index in [1.54, 1.807) is 13.2 Å². The van der Waals surface area contributed by atoms with Crippen LogP contribution in [0.3, 0.4) is 0 Å². The molecule has 0 radical (unpaired) electrons. The number of alkyl halides is 3. The lowest BCUT2D eigenvalue weighted by Gasteiger charge is -2.38. The van der Waals surface area contributed by atoms with E-state index in [1.165, 1.54) is 6.07 Å². The molecule has 2 N–H and O–H groups in total. The maximum absolute atomic E-state index is 13.5. The lowest BCUT2D eigenvalue weighted by molar-refractivity contribution is -0.137. The van der Waals surface area contributed by atoms with Crippen molar-refractivity contribution in [2.24, 2.45) is 21.6 Å². The minimum absolute atomic E-state index is 0.0449. The van der Waals surface area contributed by atoms with Gasteiger partial charge >= 0.3 is 6.18 Å². The summed E-state index contributed by atoms with van der Waals surface area (Å²) in [7, 11) is 1.72. The van der Waals surface area contributed by atoms with Crippen molar-refractivity contribution in [3.05, 3.63) is 58.7 Å². The molecule has 8 heteroatoms. The van der Waals surface area contributed by atoms with E-state index in [1.807, 2.05) is 32.0 Å². The van der Waals surface area contributed by atoms with Crippen LogP contribution >= 0.6 is 0 Å². The molecule has 4 rings (SSSR count). The zero-order chi connectivity index (χ0) is 24.7. The van der Waals surface area contributed by atoms with Gasteiger partial charge in [-0.25, -0.2) is 4.99 Å². The van der Waals surface area contributed by atoms with Gasteiger partial charge in [0.2, 0.25) is 0 Å². The molecule has 2 aromatic rings. The van der Waals surface area contributed by atoms with Crippen molar-refractivity contribution in [1.82, 2.24) is 0 Å². The predicted octanol–water partition coefficient (Wildman–Crippen LogP) is 5.74. The van der Waals surface area contributed by atoms with Crippen molar-refractivity contribution in [3.8, 4) is 17.2 Å². The predicted molar refractivity (Wildman–Crippen MR) is 125 cm³/mol. The Balaban J connectivity index is 1.85.